The van der Waals surface area contributed by atoms with Crippen LogP contribution in [-0.4, -0.2) is 22.0 Å². The van der Waals surface area contributed by atoms with Crippen LogP contribution in [0.5, 0.6) is 0 Å². The number of rotatable bonds is 4. The fraction of sp³-hybridized carbons (Fsp3) is 0.278. The first-order valence-corrected chi connectivity index (χ1v) is 7.72. The van der Waals surface area contributed by atoms with Crippen LogP contribution in [0.3, 0.4) is 0 Å². The smallest absolute Gasteiger partial charge is 0.335 e. The van der Waals surface area contributed by atoms with Gasteiger partial charge in [0.1, 0.15) is 0 Å². The molecule has 5 heteroatoms. The zero-order valence-corrected chi connectivity index (χ0v) is 12.7. The first-order valence-electron chi connectivity index (χ1n) is 7.72. The number of fused-ring (bicyclic) bond motifs is 1. The lowest BCUT2D eigenvalue weighted by Crippen LogP contribution is -2.16. The number of nitrogens with zero attached hydrogens (tertiary/aromatic N) is 1. The summed E-state index contributed by atoms with van der Waals surface area (Å²) in [7, 11) is 0. The first kappa shape index (κ1) is 15.2. The molecule has 23 heavy (non-hydrogen) atoms. The number of anilines is 1. The molecule has 5 nitrogen and oxygen atoms in total. The molecule has 0 aliphatic heterocycles. The van der Waals surface area contributed by atoms with Gasteiger partial charge in [-0.25, -0.2) is 4.79 Å². The van der Waals surface area contributed by atoms with Crippen LogP contribution < -0.4 is 5.32 Å². The van der Waals surface area contributed by atoms with E-state index in [-0.39, 0.29) is 17.9 Å². The van der Waals surface area contributed by atoms with Gasteiger partial charge in [0, 0.05) is 5.69 Å². The number of pyridine rings is 1. The predicted molar refractivity (Wildman–Crippen MR) is 86.6 cm³/mol. The average Bonchev–Trinajstić information content (AvgIpc) is 2.55. The van der Waals surface area contributed by atoms with E-state index >= 15 is 0 Å². The van der Waals surface area contributed by atoms with Crippen LogP contribution in [0.2, 0.25) is 0 Å². The van der Waals surface area contributed by atoms with E-state index in [2.05, 4.69) is 10.3 Å². The van der Waals surface area contributed by atoms with Crippen molar-refractivity contribution in [3.63, 3.8) is 0 Å². The highest BCUT2D eigenvalue weighted by molar-refractivity contribution is 5.92. The molecule has 0 spiro atoms. The van der Waals surface area contributed by atoms with Gasteiger partial charge in [0.05, 0.1) is 23.9 Å². The molecule has 1 aromatic carbocycles. The number of hydrogen-bond donors (Lipinski definition) is 2. The van der Waals surface area contributed by atoms with E-state index in [1.165, 1.54) is 30.5 Å². The van der Waals surface area contributed by atoms with E-state index in [1.807, 2.05) is 6.07 Å². The summed E-state index contributed by atoms with van der Waals surface area (Å²) in [6.45, 7) is 0. The summed E-state index contributed by atoms with van der Waals surface area (Å²) in [4.78, 5) is 27.4. The first-order chi connectivity index (χ1) is 11.1. The molecule has 1 aromatic heterocycles. The second-order valence-corrected chi connectivity index (χ2v) is 5.76. The molecule has 2 aromatic rings. The summed E-state index contributed by atoms with van der Waals surface area (Å²) in [5.74, 6) is -1.10. The van der Waals surface area contributed by atoms with Crippen molar-refractivity contribution in [2.75, 3.05) is 5.32 Å². The molecule has 3 rings (SSSR count). The fourth-order valence-electron chi connectivity index (χ4n) is 2.81. The van der Waals surface area contributed by atoms with E-state index in [1.54, 1.807) is 18.3 Å². The summed E-state index contributed by atoms with van der Waals surface area (Å²) in [6.07, 6.45) is 6.29. The number of nitrogens with one attached hydrogen (secondary N) is 1. The van der Waals surface area contributed by atoms with Gasteiger partial charge in [-0.15, -0.1) is 0 Å². The van der Waals surface area contributed by atoms with E-state index in [0.717, 1.165) is 29.8 Å². The van der Waals surface area contributed by atoms with E-state index < -0.39 is 5.97 Å². The third-order valence-electron chi connectivity index (χ3n) is 4.02. The lowest BCUT2D eigenvalue weighted by molar-refractivity contribution is -0.115. The van der Waals surface area contributed by atoms with Crippen molar-refractivity contribution in [3.8, 4) is 0 Å². The Morgan fingerprint density at radius 3 is 2.61 bits per heavy atom. The molecular weight excluding hydrogens is 292 g/mol. The molecule has 0 fully saturated rings. The predicted octanol–water partition coefficient (Wildman–Crippen LogP) is 2.84. The van der Waals surface area contributed by atoms with Crippen LogP contribution >= 0.6 is 0 Å². The van der Waals surface area contributed by atoms with Crippen molar-refractivity contribution < 1.29 is 14.7 Å². The number of carboxylic acids is 1. The Labute approximate surface area is 134 Å². The summed E-state index contributed by atoms with van der Waals surface area (Å²) < 4.78 is 0. The third-order valence-corrected chi connectivity index (χ3v) is 4.02. The van der Waals surface area contributed by atoms with Crippen LogP contribution in [0.15, 0.2) is 36.5 Å². The summed E-state index contributed by atoms with van der Waals surface area (Å²) >= 11 is 0. The number of aryl methyl sites for hydroxylation is 2. The summed E-state index contributed by atoms with van der Waals surface area (Å²) in [6, 6.07) is 8.34. The molecule has 2 N–H and O–H groups in total. The zero-order valence-electron chi connectivity index (χ0n) is 12.7. The van der Waals surface area contributed by atoms with Gasteiger partial charge in [0.15, 0.2) is 0 Å². The molecule has 0 unspecified atom stereocenters. The number of hydrogen-bond acceptors (Lipinski definition) is 3. The minimum atomic E-state index is -0.971. The molecule has 118 valence electrons. The maximum Gasteiger partial charge on any atom is 0.335 e. The van der Waals surface area contributed by atoms with Gasteiger partial charge in [-0.05, 0) is 55.0 Å². The molecular formula is C18H18N2O3. The highest BCUT2D eigenvalue weighted by Gasteiger charge is 2.12. The molecule has 1 aliphatic carbocycles. The quantitative estimate of drug-likeness (QED) is 0.910. The van der Waals surface area contributed by atoms with Crippen molar-refractivity contribution in [2.45, 2.75) is 32.1 Å². The van der Waals surface area contributed by atoms with Crippen LogP contribution in [0, 0.1) is 0 Å². The van der Waals surface area contributed by atoms with Crippen molar-refractivity contribution >= 4 is 17.6 Å². The van der Waals surface area contributed by atoms with Crippen LogP contribution in [0.25, 0.3) is 0 Å². The van der Waals surface area contributed by atoms with Gasteiger partial charge in [-0.2, -0.15) is 0 Å². The third kappa shape index (κ3) is 3.74. The van der Waals surface area contributed by atoms with Crippen LogP contribution in [0.4, 0.5) is 5.69 Å². The highest BCUT2D eigenvalue weighted by Crippen LogP contribution is 2.22. The van der Waals surface area contributed by atoms with E-state index in [9.17, 15) is 9.59 Å². The van der Waals surface area contributed by atoms with Crippen LogP contribution in [-0.2, 0) is 24.1 Å². The number of aromatic nitrogens is 1. The summed E-state index contributed by atoms with van der Waals surface area (Å²) in [5.41, 5.74) is 4.07. The maximum absolute atomic E-state index is 12.1. The standard InChI is InChI=1S/C18H18N2O3/c21-17(9-12-5-7-13(8-6-12)18(22)23)20-15-10-14-3-1-2-4-16(14)19-11-15/h5-8,10-11H,1-4,9H2,(H,20,21)(H,22,23). The Balaban J connectivity index is 1.64. The molecule has 0 radical (unpaired) electrons. The normalized spacial score (nSPS) is 13.2. The Morgan fingerprint density at radius 2 is 1.87 bits per heavy atom. The van der Waals surface area contributed by atoms with Gasteiger partial charge in [-0.3, -0.25) is 9.78 Å². The number of carboxylic acid groups (broad SMARTS) is 1. The Bertz CT molecular complexity index is 738. The molecule has 0 saturated heterocycles. The van der Waals surface area contributed by atoms with Gasteiger partial charge < -0.3 is 10.4 Å². The Morgan fingerprint density at radius 1 is 1.13 bits per heavy atom. The molecule has 0 bridgehead atoms. The molecule has 1 aliphatic rings. The number of benzene rings is 1. The second kappa shape index (κ2) is 6.60. The number of carbonyl (C=O) groups excluding carboxylic acids is 1. The van der Waals surface area contributed by atoms with Crippen molar-refractivity contribution in [1.82, 2.24) is 4.98 Å². The number of aromatic carboxylic acids is 1. The zero-order chi connectivity index (χ0) is 16.2. The van der Waals surface area contributed by atoms with E-state index in [0.29, 0.717) is 0 Å². The lowest BCUT2D eigenvalue weighted by Gasteiger charge is -2.15. The summed E-state index contributed by atoms with van der Waals surface area (Å²) in [5, 5.41) is 11.7. The average molecular weight is 310 g/mol. The van der Waals surface area contributed by atoms with Gasteiger partial charge in [0.25, 0.3) is 0 Å². The molecule has 1 amide bonds. The van der Waals surface area contributed by atoms with Gasteiger partial charge in [0.2, 0.25) is 5.91 Å². The second-order valence-electron chi connectivity index (χ2n) is 5.76. The minimum absolute atomic E-state index is 0.134. The fourth-order valence-corrected chi connectivity index (χ4v) is 2.81. The largest absolute Gasteiger partial charge is 0.478 e. The SMILES string of the molecule is O=C(Cc1ccc(C(=O)O)cc1)Nc1cnc2c(c1)CCCC2. The number of carbonyl (C=O) groups is 2. The van der Waals surface area contributed by atoms with Gasteiger partial charge >= 0.3 is 5.97 Å². The maximum atomic E-state index is 12.1. The Kier molecular flexibility index (Phi) is 4.37. The van der Waals surface area contributed by atoms with Crippen LogP contribution in [0.1, 0.15) is 40.0 Å². The molecule has 1 heterocycles. The van der Waals surface area contributed by atoms with Crippen molar-refractivity contribution in [3.05, 3.63) is 58.9 Å². The topological polar surface area (TPSA) is 79.3 Å². The van der Waals surface area contributed by atoms with Gasteiger partial charge in [-0.1, -0.05) is 12.1 Å². The number of amides is 1. The monoisotopic (exact) mass is 310 g/mol. The van der Waals surface area contributed by atoms with E-state index in [4.69, 9.17) is 5.11 Å². The Hall–Kier alpha value is -2.69. The highest BCUT2D eigenvalue weighted by atomic mass is 16.4. The molecule has 0 saturated carbocycles. The van der Waals surface area contributed by atoms with Crippen molar-refractivity contribution in [2.24, 2.45) is 0 Å². The lowest BCUT2D eigenvalue weighted by atomic mass is 9.96. The molecule has 0 atom stereocenters. The minimum Gasteiger partial charge on any atom is -0.478 e. The van der Waals surface area contributed by atoms with Crippen molar-refractivity contribution in [1.29, 1.82) is 0 Å².